The minimum absolute atomic E-state index is 0.190. The summed E-state index contributed by atoms with van der Waals surface area (Å²) < 4.78 is 16.0. The molecule has 1 atom stereocenters. The summed E-state index contributed by atoms with van der Waals surface area (Å²) in [4.78, 5) is 6.51. The lowest BCUT2D eigenvalue weighted by molar-refractivity contribution is 0.298. The van der Waals surface area contributed by atoms with E-state index >= 15 is 0 Å². The van der Waals surface area contributed by atoms with Crippen molar-refractivity contribution >= 4 is 5.96 Å². The molecule has 7 nitrogen and oxygen atoms in total. The van der Waals surface area contributed by atoms with Gasteiger partial charge in [-0.05, 0) is 43.9 Å². The smallest absolute Gasteiger partial charge is 0.191 e. The fourth-order valence-corrected chi connectivity index (χ4v) is 3.02. The molecule has 0 amide bonds. The molecular weight excluding hydrogens is 368 g/mol. The Kier molecular flexibility index (Phi) is 8.61. The minimum Gasteiger partial charge on any atom is -0.497 e. The Labute approximate surface area is 173 Å². The number of methoxy groups -OCH3 is 3. The van der Waals surface area contributed by atoms with Crippen LogP contribution >= 0.6 is 0 Å². The highest BCUT2D eigenvalue weighted by Gasteiger charge is 2.15. The number of guanidine groups is 1. The summed E-state index contributed by atoms with van der Waals surface area (Å²) in [5.41, 5.74) is 2.23. The predicted molar refractivity (Wildman–Crippen MR) is 117 cm³/mol. The average Bonchev–Trinajstić information content (AvgIpc) is 2.76. The summed E-state index contributed by atoms with van der Waals surface area (Å²) >= 11 is 0. The highest BCUT2D eigenvalue weighted by molar-refractivity contribution is 5.79. The van der Waals surface area contributed by atoms with Gasteiger partial charge >= 0.3 is 0 Å². The number of rotatable bonds is 9. The van der Waals surface area contributed by atoms with Crippen molar-refractivity contribution in [2.24, 2.45) is 4.99 Å². The van der Waals surface area contributed by atoms with Gasteiger partial charge in [-0.1, -0.05) is 12.1 Å². The molecule has 2 aromatic carbocycles. The van der Waals surface area contributed by atoms with E-state index in [1.165, 1.54) is 5.56 Å². The molecule has 0 aliphatic rings. The van der Waals surface area contributed by atoms with Crippen LogP contribution in [0.2, 0.25) is 0 Å². The van der Waals surface area contributed by atoms with Gasteiger partial charge in [0, 0.05) is 31.8 Å². The van der Waals surface area contributed by atoms with Crippen molar-refractivity contribution in [2.45, 2.75) is 12.6 Å². The molecule has 0 heterocycles. The van der Waals surface area contributed by atoms with Crippen molar-refractivity contribution in [3.05, 3.63) is 53.6 Å². The molecule has 0 radical (unpaired) electrons. The molecule has 0 saturated carbocycles. The average molecular weight is 401 g/mol. The van der Waals surface area contributed by atoms with E-state index in [1.54, 1.807) is 28.4 Å². The predicted octanol–water partition coefficient (Wildman–Crippen LogP) is 2.68. The van der Waals surface area contributed by atoms with E-state index in [4.69, 9.17) is 14.2 Å². The lowest BCUT2D eigenvalue weighted by Crippen LogP contribution is -2.41. The maximum Gasteiger partial charge on any atom is 0.191 e. The van der Waals surface area contributed by atoms with Gasteiger partial charge in [0.1, 0.15) is 17.2 Å². The number of likely N-dealkylation sites (N-methyl/N-ethyl adjacent to an activating group) is 1. The monoisotopic (exact) mass is 400 g/mol. The van der Waals surface area contributed by atoms with Gasteiger partial charge < -0.3 is 29.7 Å². The van der Waals surface area contributed by atoms with Crippen LogP contribution in [0.15, 0.2) is 47.5 Å². The molecule has 2 N–H and O–H groups in total. The van der Waals surface area contributed by atoms with Gasteiger partial charge in [-0.15, -0.1) is 0 Å². The molecule has 0 aliphatic carbocycles. The molecule has 0 bridgehead atoms. The van der Waals surface area contributed by atoms with Crippen molar-refractivity contribution in [2.75, 3.05) is 49.0 Å². The second kappa shape index (κ2) is 11.2. The third-order valence-electron chi connectivity index (χ3n) is 4.75. The van der Waals surface area contributed by atoms with Crippen LogP contribution in [0.25, 0.3) is 0 Å². The molecule has 2 rings (SSSR count). The lowest BCUT2D eigenvalue weighted by atomic mass is 10.1. The van der Waals surface area contributed by atoms with Crippen LogP contribution in [-0.4, -0.2) is 59.9 Å². The number of nitrogens with one attached hydrogen (secondary N) is 2. The molecule has 0 aromatic heterocycles. The molecule has 0 saturated heterocycles. The van der Waals surface area contributed by atoms with Gasteiger partial charge in [-0.3, -0.25) is 4.99 Å². The zero-order valence-electron chi connectivity index (χ0n) is 18.2. The second-order valence-corrected chi connectivity index (χ2v) is 6.74. The van der Waals surface area contributed by atoms with Gasteiger partial charge in [0.05, 0.1) is 27.4 Å². The molecule has 2 aromatic rings. The fraction of sp³-hybridized carbons (Fsp3) is 0.409. The first-order valence-electron chi connectivity index (χ1n) is 9.48. The summed E-state index contributed by atoms with van der Waals surface area (Å²) in [6.07, 6.45) is 0. The van der Waals surface area contributed by atoms with E-state index in [1.807, 2.05) is 30.3 Å². The second-order valence-electron chi connectivity index (χ2n) is 6.74. The topological polar surface area (TPSA) is 67.4 Å². The number of aliphatic imine (C=N–C) groups is 1. The molecule has 0 fully saturated rings. The van der Waals surface area contributed by atoms with E-state index < -0.39 is 0 Å². The van der Waals surface area contributed by atoms with Crippen LogP contribution in [0.3, 0.4) is 0 Å². The Bertz CT molecular complexity index is 791. The van der Waals surface area contributed by atoms with E-state index in [2.05, 4.69) is 46.8 Å². The molecule has 7 heteroatoms. The zero-order valence-corrected chi connectivity index (χ0v) is 18.2. The normalized spacial score (nSPS) is 12.4. The molecule has 158 valence electrons. The van der Waals surface area contributed by atoms with Gasteiger partial charge in [-0.25, -0.2) is 0 Å². The number of hydrogen-bond acceptors (Lipinski definition) is 5. The minimum atomic E-state index is 0.190. The van der Waals surface area contributed by atoms with E-state index in [9.17, 15) is 0 Å². The maximum atomic E-state index is 5.46. The third-order valence-corrected chi connectivity index (χ3v) is 4.75. The van der Waals surface area contributed by atoms with Crippen LogP contribution in [0.5, 0.6) is 17.2 Å². The Balaban J connectivity index is 1.99. The maximum absolute atomic E-state index is 5.46. The van der Waals surface area contributed by atoms with Crippen molar-refractivity contribution in [1.82, 2.24) is 15.5 Å². The van der Waals surface area contributed by atoms with Crippen LogP contribution in [0.1, 0.15) is 17.2 Å². The molecule has 29 heavy (non-hydrogen) atoms. The largest absolute Gasteiger partial charge is 0.497 e. The zero-order chi connectivity index (χ0) is 21.2. The van der Waals surface area contributed by atoms with Crippen molar-refractivity contribution < 1.29 is 14.2 Å². The van der Waals surface area contributed by atoms with Crippen molar-refractivity contribution in [3.8, 4) is 17.2 Å². The van der Waals surface area contributed by atoms with Gasteiger partial charge in [-0.2, -0.15) is 0 Å². The Morgan fingerprint density at radius 3 is 2.14 bits per heavy atom. The molecule has 0 spiro atoms. The van der Waals surface area contributed by atoms with Crippen molar-refractivity contribution in [1.29, 1.82) is 0 Å². The number of benzene rings is 2. The van der Waals surface area contributed by atoms with Crippen LogP contribution in [-0.2, 0) is 6.54 Å². The van der Waals surface area contributed by atoms with Gasteiger partial charge in [0.15, 0.2) is 5.96 Å². The third kappa shape index (κ3) is 6.29. The van der Waals surface area contributed by atoms with Gasteiger partial charge in [0.2, 0.25) is 0 Å². The fourth-order valence-electron chi connectivity index (χ4n) is 3.02. The molecular formula is C22H32N4O3. The summed E-state index contributed by atoms with van der Waals surface area (Å²) in [5.74, 6) is 3.12. The Hall–Kier alpha value is -2.93. The first-order chi connectivity index (χ1) is 14.0. The Morgan fingerprint density at radius 1 is 0.931 bits per heavy atom. The van der Waals surface area contributed by atoms with Crippen LogP contribution < -0.4 is 24.8 Å². The van der Waals surface area contributed by atoms with E-state index in [-0.39, 0.29) is 6.04 Å². The van der Waals surface area contributed by atoms with E-state index in [0.29, 0.717) is 13.1 Å². The van der Waals surface area contributed by atoms with Crippen molar-refractivity contribution in [3.63, 3.8) is 0 Å². The highest BCUT2D eigenvalue weighted by atomic mass is 16.5. The number of nitrogens with zero attached hydrogens (tertiary/aromatic N) is 2. The Morgan fingerprint density at radius 2 is 1.59 bits per heavy atom. The quantitative estimate of drug-likeness (QED) is 0.498. The highest BCUT2D eigenvalue weighted by Crippen LogP contribution is 2.24. The SMILES string of the molecule is CN=C(NCc1ccc(OC)cc1OC)NCC(c1ccc(OC)cc1)N(C)C. The van der Waals surface area contributed by atoms with E-state index in [0.717, 1.165) is 28.8 Å². The standard InChI is InChI=1S/C22H32N4O3/c1-23-22(24-14-17-9-12-19(28-5)13-21(17)29-6)25-15-20(26(2)3)16-7-10-18(27-4)11-8-16/h7-13,20H,14-15H2,1-6H3,(H2,23,24,25). The first-order valence-corrected chi connectivity index (χ1v) is 9.48. The molecule has 1 unspecified atom stereocenters. The summed E-state index contributed by atoms with van der Waals surface area (Å²) in [6.45, 7) is 1.29. The number of hydrogen-bond donors (Lipinski definition) is 2. The van der Waals surface area contributed by atoms with Crippen LogP contribution in [0, 0.1) is 0 Å². The van der Waals surface area contributed by atoms with Gasteiger partial charge in [0.25, 0.3) is 0 Å². The summed E-state index contributed by atoms with van der Waals surface area (Å²) in [7, 11) is 10.9. The lowest BCUT2D eigenvalue weighted by Gasteiger charge is -2.26. The number of ether oxygens (including phenoxy) is 3. The van der Waals surface area contributed by atoms with Crippen LogP contribution in [0.4, 0.5) is 0 Å². The summed E-state index contributed by atoms with van der Waals surface area (Å²) in [6, 6.07) is 14.1. The first kappa shape index (κ1) is 22.4. The molecule has 0 aliphatic heterocycles. The summed E-state index contributed by atoms with van der Waals surface area (Å²) in [5, 5.41) is 6.75.